The number of carboxylic acids is 1. The van der Waals surface area contributed by atoms with Gasteiger partial charge < -0.3 is 20.9 Å². The molecular weight excluding hydrogens is 260 g/mol. The van der Waals surface area contributed by atoms with Crippen LogP contribution in [0.1, 0.15) is 34.1 Å². The number of carbonyl (C=O) groups is 2. The number of hydrogen-bond donors (Lipinski definition) is 3. The molecule has 114 valence electrons. The van der Waals surface area contributed by atoms with E-state index in [9.17, 15) is 14.7 Å². The molecule has 1 heterocycles. The molecule has 2 rings (SSSR count). The molecule has 0 aromatic rings. The molecule has 4 N–H and O–H groups in total. The van der Waals surface area contributed by atoms with Crippen molar-refractivity contribution in [3.8, 4) is 0 Å². The summed E-state index contributed by atoms with van der Waals surface area (Å²) in [7, 11) is 0. The van der Waals surface area contributed by atoms with Gasteiger partial charge in [-0.2, -0.15) is 0 Å². The Kier molecular flexibility index (Phi) is 3.59. The molecule has 2 aliphatic rings. The van der Waals surface area contributed by atoms with Crippen LogP contribution in [0.4, 0.5) is 0 Å². The highest BCUT2D eigenvalue weighted by molar-refractivity contribution is 5.92. The highest BCUT2D eigenvalue weighted by atomic mass is 16.5. The van der Waals surface area contributed by atoms with Crippen LogP contribution in [-0.4, -0.2) is 41.3 Å². The molecule has 1 saturated carbocycles. The Morgan fingerprint density at radius 1 is 1.40 bits per heavy atom. The summed E-state index contributed by atoms with van der Waals surface area (Å²) in [6, 6.07) is -0.917. The third kappa shape index (κ3) is 1.85. The SMILES string of the molecule is CC(C)C(NC(=O)C1(N)C2CCOC2C1(C)C)C(=O)O. The summed E-state index contributed by atoms with van der Waals surface area (Å²) in [5, 5.41) is 11.8. The quantitative estimate of drug-likeness (QED) is 0.691. The summed E-state index contributed by atoms with van der Waals surface area (Å²) >= 11 is 0. The lowest BCUT2D eigenvalue weighted by Gasteiger charge is -2.60. The Bertz CT molecular complexity index is 435. The normalized spacial score (nSPS) is 36.1. The van der Waals surface area contributed by atoms with E-state index >= 15 is 0 Å². The van der Waals surface area contributed by atoms with Crippen LogP contribution in [0.15, 0.2) is 0 Å². The lowest BCUT2D eigenvalue weighted by atomic mass is 9.48. The predicted molar refractivity (Wildman–Crippen MR) is 73.0 cm³/mol. The van der Waals surface area contributed by atoms with Crippen molar-refractivity contribution in [3.05, 3.63) is 0 Å². The van der Waals surface area contributed by atoms with Crippen molar-refractivity contribution in [2.45, 2.75) is 51.8 Å². The van der Waals surface area contributed by atoms with Crippen molar-refractivity contribution in [1.82, 2.24) is 5.32 Å². The minimum absolute atomic E-state index is 0.0134. The number of nitrogens with two attached hydrogens (primary N) is 1. The summed E-state index contributed by atoms with van der Waals surface area (Å²) in [6.45, 7) is 7.94. The van der Waals surface area contributed by atoms with E-state index in [1.54, 1.807) is 13.8 Å². The minimum atomic E-state index is -1.06. The second kappa shape index (κ2) is 4.70. The largest absolute Gasteiger partial charge is 0.480 e. The van der Waals surface area contributed by atoms with E-state index in [2.05, 4.69) is 5.32 Å². The van der Waals surface area contributed by atoms with E-state index in [0.29, 0.717) is 6.61 Å². The fourth-order valence-electron chi connectivity index (χ4n) is 3.62. The molecular formula is C14H24N2O4. The average molecular weight is 284 g/mol. The maximum absolute atomic E-state index is 12.6. The van der Waals surface area contributed by atoms with Crippen LogP contribution >= 0.6 is 0 Å². The minimum Gasteiger partial charge on any atom is -0.480 e. The van der Waals surface area contributed by atoms with Gasteiger partial charge in [-0.1, -0.05) is 27.7 Å². The molecule has 0 aromatic heterocycles. The average Bonchev–Trinajstić information content (AvgIpc) is 2.81. The first kappa shape index (κ1) is 15.3. The monoisotopic (exact) mass is 284 g/mol. The van der Waals surface area contributed by atoms with E-state index in [4.69, 9.17) is 10.5 Å². The van der Waals surface area contributed by atoms with Crippen molar-refractivity contribution in [2.24, 2.45) is 23.0 Å². The van der Waals surface area contributed by atoms with Crippen molar-refractivity contribution < 1.29 is 19.4 Å². The molecule has 1 amide bonds. The summed E-state index contributed by atoms with van der Waals surface area (Å²) in [6.07, 6.45) is 0.734. The number of rotatable bonds is 4. The van der Waals surface area contributed by atoms with Crippen molar-refractivity contribution in [1.29, 1.82) is 0 Å². The van der Waals surface area contributed by atoms with Crippen LogP contribution < -0.4 is 11.1 Å². The molecule has 6 nitrogen and oxygen atoms in total. The number of hydrogen-bond acceptors (Lipinski definition) is 4. The van der Waals surface area contributed by atoms with Crippen molar-refractivity contribution in [3.63, 3.8) is 0 Å². The van der Waals surface area contributed by atoms with Gasteiger partial charge >= 0.3 is 5.97 Å². The summed E-state index contributed by atoms with van der Waals surface area (Å²) < 4.78 is 5.64. The molecule has 2 fully saturated rings. The van der Waals surface area contributed by atoms with E-state index in [1.165, 1.54) is 0 Å². The van der Waals surface area contributed by atoms with E-state index in [1.807, 2.05) is 13.8 Å². The number of amides is 1. The molecule has 4 atom stereocenters. The molecule has 1 aliphatic carbocycles. The fraction of sp³-hybridized carbons (Fsp3) is 0.857. The zero-order valence-corrected chi connectivity index (χ0v) is 12.5. The summed E-state index contributed by atoms with van der Waals surface area (Å²) in [4.78, 5) is 23.8. The second-order valence-corrected chi connectivity index (χ2v) is 6.81. The molecule has 1 saturated heterocycles. The Morgan fingerprint density at radius 3 is 2.50 bits per heavy atom. The Morgan fingerprint density at radius 2 is 2.00 bits per heavy atom. The van der Waals surface area contributed by atoms with Crippen LogP contribution in [0.25, 0.3) is 0 Å². The van der Waals surface area contributed by atoms with Crippen LogP contribution in [0.2, 0.25) is 0 Å². The van der Waals surface area contributed by atoms with Gasteiger partial charge in [-0.05, 0) is 12.3 Å². The van der Waals surface area contributed by atoms with Crippen LogP contribution in [0, 0.1) is 17.3 Å². The topological polar surface area (TPSA) is 102 Å². The van der Waals surface area contributed by atoms with E-state index in [0.717, 1.165) is 6.42 Å². The molecule has 4 unspecified atom stereocenters. The number of aliphatic carboxylic acids is 1. The molecule has 0 radical (unpaired) electrons. The van der Waals surface area contributed by atoms with Gasteiger partial charge in [-0.3, -0.25) is 4.79 Å². The third-order valence-corrected chi connectivity index (χ3v) is 5.05. The van der Waals surface area contributed by atoms with E-state index in [-0.39, 0.29) is 23.8 Å². The van der Waals surface area contributed by atoms with Crippen molar-refractivity contribution in [2.75, 3.05) is 6.61 Å². The van der Waals surface area contributed by atoms with Gasteiger partial charge in [0.1, 0.15) is 11.6 Å². The Balaban J connectivity index is 2.18. The lowest BCUT2D eigenvalue weighted by molar-refractivity contribution is -0.177. The lowest BCUT2D eigenvalue weighted by Crippen LogP contribution is -2.80. The first-order chi connectivity index (χ1) is 9.14. The molecule has 6 heteroatoms. The fourth-order valence-corrected chi connectivity index (χ4v) is 3.62. The number of carbonyl (C=O) groups excluding carboxylic acids is 1. The second-order valence-electron chi connectivity index (χ2n) is 6.81. The standard InChI is InChI=1S/C14H24N2O4/c1-7(2)9(11(17)18)16-12(19)14(15)8-5-6-20-10(8)13(14,3)4/h7-10H,5-6,15H2,1-4H3,(H,16,19)(H,17,18). The smallest absolute Gasteiger partial charge is 0.326 e. The van der Waals surface area contributed by atoms with Gasteiger partial charge in [0.15, 0.2) is 0 Å². The Hall–Kier alpha value is -1.14. The van der Waals surface area contributed by atoms with Crippen LogP contribution in [0.3, 0.4) is 0 Å². The van der Waals surface area contributed by atoms with Gasteiger partial charge in [0.2, 0.25) is 5.91 Å². The first-order valence-corrected chi connectivity index (χ1v) is 7.08. The first-order valence-electron chi connectivity index (χ1n) is 7.08. The summed E-state index contributed by atoms with van der Waals surface area (Å²) in [5.41, 5.74) is 4.83. The number of carboxylic acid groups (broad SMARTS) is 1. The van der Waals surface area contributed by atoms with Gasteiger partial charge in [-0.15, -0.1) is 0 Å². The van der Waals surface area contributed by atoms with Gasteiger partial charge in [0.25, 0.3) is 0 Å². The zero-order chi connectivity index (χ0) is 15.3. The zero-order valence-electron chi connectivity index (χ0n) is 12.5. The van der Waals surface area contributed by atoms with Crippen LogP contribution in [0.5, 0.6) is 0 Å². The number of ether oxygens (including phenoxy) is 1. The van der Waals surface area contributed by atoms with Crippen molar-refractivity contribution >= 4 is 11.9 Å². The third-order valence-electron chi connectivity index (χ3n) is 5.05. The van der Waals surface area contributed by atoms with Crippen LogP contribution in [-0.2, 0) is 14.3 Å². The van der Waals surface area contributed by atoms with Gasteiger partial charge in [-0.25, -0.2) is 4.79 Å². The molecule has 0 aromatic carbocycles. The molecule has 1 aliphatic heterocycles. The Labute approximate surface area is 119 Å². The highest BCUT2D eigenvalue weighted by Crippen LogP contribution is 2.58. The number of nitrogens with one attached hydrogen (secondary N) is 1. The molecule has 20 heavy (non-hydrogen) atoms. The maximum atomic E-state index is 12.6. The van der Waals surface area contributed by atoms with Gasteiger partial charge in [0.05, 0.1) is 6.10 Å². The number of fused-ring (bicyclic) bond motifs is 1. The highest BCUT2D eigenvalue weighted by Gasteiger charge is 2.71. The molecule has 0 spiro atoms. The molecule has 0 bridgehead atoms. The summed E-state index contributed by atoms with van der Waals surface area (Å²) in [5.74, 6) is -1.64. The maximum Gasteiger partial charge on any atom is 0.326 e. The predicted octanol–water partition coefficient (Wildman–Crippen LogP) is 0.354. The van der Waals surface area contributed by atoms with E-state index < -0.39 is 23.0 Å². The van der Waals surface area contributed by atoms with Gasteiger partial charge in [0, 0.05) is 17.9 Å².